The molecule has 0 fully saturated rings. The van der Waals surface area contributed by atoms with Crippen LogP contribution in [0.4, 0.5) is 5.69 Å². The predicted octanol–water partition coefficient (Wildman–Crippen LogP) is 1.94. The van der Waals surface area contributed by atoms with Crippen LogP contribution in [0.5, 0.6) is 0 Å². The summed E-state index contributed by atoms with van der Waals surface area (Å²) in [4.78, 5) is 0. The third-order valence-corrected chi connectivity index (χ3v) is 1.97. The Morgan fingerprint density at radius 2 is 2.00 bits per heavy atom. The number of nitrogens with two attached hydrogens (primary N) is 1. The third-order valence-electron chi connectivity index (χ3n) is 1.97. The predicted molar refractivity (Wildman–Crippen MR) is 53.6 cm³/mol. The van der Waals surface area contributed by atoms with Crippen molar-refractivity contribution in [1.29, 1.82) is 0 Å². The van der Waals surface area contributed by atoms with E-state index in [4.69, 9.17) is 10.2 Å². The summed E-state index contributed by atoms with van der Waals surface area (Å²) in [6.07, 6.45) is 0. The Morgan fingerprint density at radius 1 is 1.21 bits per heavy atom. The zero-order valence-electron chi connectivity index (χ0n) is 8.11. The average Bonchev–Trinajstić information content (AvgIpc) is 2.56. The number of nitrogens with zero attached hydrogens (tertiary/aromatic N) is 2. The molecule has 0 saturated heterocycles. The quantitative estimate of drug-likeness (QED) is 0.696. The topological polar surface area (TPSA) is 64.9 Å². The molecule has 0 radical (unpaired) electrons. The highest BCUT2D eigenvalue weighted by Crippen LogP contribution is 2.25. The zero-order chi connectivity index (χ0) is 10.1. The molecule has 2 aromatic rings. The molecular formula is C10H11N3O. The van der Waals surface area contributed by atoms with Crippen LogP contribution >= 0.6 is 0 Å². The maximum Gasteiger partial charge on any atom is 0.249 e. The molecule has 1 aromatic carbocycles. The third kappa shape index (κ3) is 1.46. The number of hydrogen-bond donors (Lipinski definition) is 1. The van der Waals surface area contributed by atoms with Gasteiger partial charge in [0, 0.05) is 12.6 Å². The number of rotatable bonds is 1. The maximum absolute atomic E-state index is 5.80. The molecule has 0 spiro atoms. The van der Waals surface area contributed by atoms with E-state index in [0.717, 1.165) is 11.1 Å². The van der Waals surface area contributed by atoms with Crippen LogP contribution < -0.4 is 5.73 Å². The van der Waals surface area contributed by atoms with Gasteiger partial charge in [-0.1, -0.05) is 11.6 Å². The first kappa shape index (κ1) is 8.74. The summed E-state index contributed by atoms with van der Waals surface area (Å²) < 4.78 is 5.30. The summed E-state index contributed by atoms with van der Waals surface area (Å²) >= 11 is 0. The molecule has 0 aliphatic heterocycles. The molecule has 0 aliphatic carbocycles. The summed E-state index contributed by atoms with van der Waals surface area (Å²) in [5.41, 5.74) is 8.37. The van der Waals surface area contributed by atoms with Crippen LogP contribution in [0.2, 0.25) is 0 Å². The van der Waals surface area contributed by atoms with E-state index in [9.17, 15) is 0 Å². The molecule has 1 heterocycles. The lowest BCUT2D eigenvalue weighted by Gasteiger charge is -2.01. The van der Waals surface area contributed by atoms with E-state index in [1.54, 1.807) is 6.92 Å². The summed E-state index contributed by atoms with van der Waals surface area (Å²) in [6.45, 7) is 3.74. The molecule has 0 aliphatic rings. The highest BCUT2D eigenvalue weighted by molar-refractivity contribution is 5.70. The first-order chi connectivity index (χ1) is 6.66. The van der Waals surface area contributed by atoms with Gasteiger partial charge >= 0.3 is 0 Å². The van der Waals surface area contributed by atoms with Crippen LogP contribution in [-0.4, -0.2) is 10.2 Å². The van der Waals surface area contributed by atoms with E-state index >= 15 is 0 Å². The number of aryl methyl sites for hydroxylation is 2. The molecule has 2 rings (SSSR count). The van der Waals surface area contributed by atoms with Gasteiger partial charge in [-0.05, 0) is 19.1 Å². The monoisotopic (exact) mass is 189 g/mol. The lowest BCUT2D eigenvalue weighted by Crippen LogP contribution is -1.90. The van der Waals surface area contributed by atoms with Crippen LogP contribution in [0.25, 0.3) is 11.5 Å². The second-order valence-corrected chi connectivity index (χ2v) is 3.22. The molecule has 0 atom stereocenters. The molecule has 1 aromatic heterocycles. The standard InChI is InChI=1S/C10H11N3O/c1-6-3-4-9(11)8(5-6)10-13-12-7(2)14-10/h3-5H,11H2,1-2H3. The van der Waals surface area contributed by atoms with E-state index < -0.39 is 0 Å². The first-order valence-electron chi connectivity index (χ1n) is 4.33. The van der Waals surface area contributed by atoms with Crippen molar-refractivity contribution in [2.24, 2.45) is 0 Å². The van der Waals surface area contributed by atoms with Gasteiger partial charge in [-0.3, -0.25) is 0 Å². The number of nitrogen functional groups attached to an aromatic ring is 1. The van der Waals surface area contributed by atoms with Gasteiger partial charge in [0.05, 0.1) is 5.56 Å². The van der Waals surface area contributed by atoms with Crippen molar-refractivity contribution in [3.8, 4) is 11.5 Å². The Hall–Kier alpha value is -1.84. The SMILES string of the molecule is Cc1ccc(N)c(-c2nnc(C)o2)c1. The molecule has 4 heteroatoms. The van der Waals surface area contributed by atoms with Crippen LogP contribution in [-0.2, 0) is 0 Å². The van der Waals surface area contributed by atoms with Crippen LogP contribution in [0.3, 0.4) is 0 Å². The highest BCUT2D eigenvalue weighted by atomic mass is 16.4. The summed E-state index contributed by atoms with van der Waals surface area (Å²) in [6, 6.07) is 5.72. The Bertz CT molecular complexity index is 462. The van der Waals surface area contributed by atoms with Gasteiger partial charge in [0.15, 0.2) is 0 Å². The second-order valence-electron chi connectivity index (χ2n) is 3.22. The second kappa shape index (κ2) is 3.14. The average molecular weight is 189 g/mol. The Balaban J connectivity index is 2.55. The van der Waals surface area contributed by atoms with E-state index in [1.807, 2.05) is 25.1 Å². The molecule has 72 valence electrons. The summed E-state index contributed by atoms with van der Waals surface area (Å²) in [5, 5.41) is 7.68. The van der Waals surface area contributed by atoms with Crippen LogP contribution in [0, 0.1) is 13.8 Å². The van der Waals surface area contributed by atoms with Gasteiger partial charge in [-0.2, -0.15) is 0 Å². The highest BCUT2D eigenvalue weighted by Gasteiger charge is 2.09. The first-order valence-corrected chi connectivity index (χ1v) is 4.33. The van der Waals surface area contributed by atoms with Gasteiger partial charge in [0.1, 0.15) is 0 Å². The molecule has 2 N–H and O–H groups in total. The van der Waals surface area contributed by atoms with Gasteiger partial charge in [0.25, 0.3) is 0 Å². The minimum absolute atomic E-state index is 0.476. The number of anilines is 1. The van der Waals surface area contributed by atoms with Crippen molar-refractivity contribution in [2.45, 2.75) is 13.8 Å². The molecule has 14 heavy (non-hydrogen) atoms. The van der Waals surface area contributed by atoms with Crippen LogP contribution in [0.1, 0.15) is 11.5 Å². The fraction of sp³-hybridized carbons (Fsp3) is 0.200. The zero-order valence-corrected chi connectivity index (χ0v) is 8.11. The minimum atomic E-state index is 0.476. The van der Waals surface area contributed by atoms with Crippen LogP contribution in [0.15, 0.2) is 22.6 Å². The summed E-state index contributed by atoms with van der Waals surface area (Å²) in [7, 11) is 0. The Labute approximate surface area is 81.8 Å². The van der Waals surface area contributed by atoms with E-state index in [1.165, 1.54) is 0 Å². The largest absolute Gasteiger partial charge is 0.421 e. The Morgan fingerprint density at radius 3 is 2.64 bits per heavy atom. The molecule has 0 unspecified atom stereocenters. The van der Waals surface area contributed by atoms with Gasteiger partial charge in [-0.25, -0.2) is 0 Å². The Kier molecular flexibility index (Phi) is 1.96. The van der Waals surface area contributed by atoms with E-state index in [-0.39, 0.29) is 0 Å². The molecule has 0 amide bonds. The lowest BCUT2D eigenvalue weighted by atomic mass is 10.1. The van der Waals surface area contributed by atoms with E-state index in [0.29, 0.717) is 17.5 Å². The summed E-state index contributed by atoms with van der Waals surface area (Å²) in [5.74, 6) is 1.02. The smallest absolute Gasteiger partial charge is 0.249 e. The molecular weight excluding hydrogens is 178 g/mol. The number of hydrogen-bond acceptors (Lipinski definition) is 4. The maximum atomic E-state index is 5.80. The minimum Gasteiger partial charge on any atom is -0.421 e. The van der Waals surface area contributed by atoms with Gasteiger partial charge in [0.2, 0.25) is 11.8 Å². The fourth-order valence-electron chi connectivity index (χ4n) is 1.26. The molecule has 0 bridgehead atoms. The number of aromatic nitrogens is 2. The fourth-order valence-corrected chi connectivity index (χ4v) is 1.26. The lowest BCUT2D eigenvalue weighted by molar-refractivity contribution is 0.533. The normalized spacial score (nSPS) is 10.4. The van der Waals surface area contributed by atoms with Crippen molar-refractivity contribution < 1.29 is 4.42 Å². The molecule has 0 saturated carbocycles. The van der Waals surface area contributed by atoms with Gasteiger partial charge in [-0.15, -0.1) is 10.2 Å². The van der Waals surface area contributed by atoms with Crippen molar-refractivity contribution in [1.82, 2.24) is 10.2 Å². The van der Waals surface area contributed by atoms with E-state index in [2.05, 4.69) is 10.2 Å². The van der Waals surface area contributed by atoms with Gasteiger partial charge < -0.3 is 10.2 Å². The van der Waals surface area contributed by atoms with Crippen molar-refractivity contribution in [3.63, 3.8) is 0 Å². The van der Waals surface area contributed by atoms with Crippen molar-refractivity contribution in [2.75, 3.05) is 5.73 Å². The molecule has 4 nitrogen and oxygen atoms in total. The number of benzene rings is 1. The van der Waals surface area contributed by atoms with Crippen molar-refractivity contribution in [3.05, 3.63) is 29.7 Å². The van der Waals surface area contributed by atoms with Crippen molar-refractivity contribution >= 4 is 5.69 Å².